The third-order valence-corrected chi connectivity index (χ3v) is 2.66. The molecule has 1 rings (SSSR count). The van der Waals surface area contributed by atoms with Crippen molar-refractivity contribution >= 4 is 11.8 Å². The molecule has 0 atom stereocenters. The number of hydrogen-bond acceptors (Lipinski definition) is 3. The lowest BCUT2D eigenvalue weighted by Crippen LogP contribution is -2.46. The molecule has 1 aromatic rings. The summed E-state index contributed by atoms with van der Waals surface area (Å²) in [6, 6.07) is 6.86. The number of benzene rings is 1. The SMILES string of the molecule is CC(C)(CC(N)=O)NC(=O)c1cccc(C#CCCO)c1. The molecule has 0 heterocycles. The van der Waals surface area contributed by atoms with Crippen LogP contribution in [0.15, 0.2) is 24.3 Å². The Morgan fingerprint density at radius 2 is 2.10 bits per heavy atom. The van der Waals surface area contributed by atoms with Gasteiger partial charge in [-0.2, -0.15) is 0 Å². The highest BCUT2D eigenvalue weighted by Gasteiger charge is 2.23. The molecule has 5 heteroatoms. The fraction of sp³-hybridized carbons (Fsp3) is 0.375. The van der Waals surface area contributed by atoms with Crippen molar-refractivity contribution in [1.82, 2.24) is 5.32 Å². The first-order valence-corrected chi connectivity index (χ1v) is 6.65. The van der Waals surface area contributed by atoms with E-state index < -0.39 is 11.4 Å². The van der Waals surface area contributed by atoms with Gasteiger partial charge in [-0.05, 0) is 32.0 Å². The fourth-order valence-electron chi connectivity index (χ4n) is 1.82. The molecule has 112 valence electrons. The molecule has 0 aliphatic rings. The van der Waals surface area contributed by atoms with Crippen molar-refractivity contribution in [3.8, 4) is 11.8 Å². The Hall–Kier alpha value is -2.32. The second-order valence-electron chi connectivity index (χ2n) is 5.34. The summed E-state index contributed by atoms with van der Waals surface area (Å²) < 4.78 is 0. The van der Waals surface area contributed by atoms with E-state index in [1.165, 1.54) is 0 Å². The van der Waals surface area contributed by atoms with Gasteiger partial charge in [-0.1, -0.05) is 17.9 Å². The average molecular weight is 288 g/mol. The molecule has 0 saturated heterocycles. The average Bonchev–Trinajstić information content (AvgIpc) is 2.37. The zero-order valence-corrected chi connectivity index (χ0v) is 12.3. The molecule has 2 amide bonds. The third-order valence-electron chi connectivity index (χ3n) is 2.66. The van der Waals surface area contributed by atoms with E-state index in [2.05, 4.69) is 17.2 Å². The second kappa shape index (κ2) is 7.46. The van der Waals surface area contributed by atoms with Crippen LogP contribution in [0.3, 0.4) is 0 Å². The Bertz CT molecular complexity index is 583. The van der Waals surface area contributed by atoms with Crippen LogP contribution < -0.4 is 11.1 Å². The van der Waals surface area contributed by atoms with Crippen molar-refractivity contribution in [3.63, 3.8) is 0 Å². The van der Waals surface area contributed by atoms with Crippen LogP contribution in [-0.2, 0) is 4.79 Å². The first kappa shape index (κ1) is 16.7. The van der Waals surface area contributed by atoms with Gasteiger partial charge in [0, 0.05) is 29.5 Å². The Morgan fingerprint density at radius 3 is 2.71 bits per heavy atom. The van der Waals surface area contributed by atoms with Gasteiger partial charge in [0.05, 0.1) is 6.61 Å². The van der Waals surface area contributed by atoms with E-state index in [0.717, 1.165) is 0 Å². The van der Waals surface area contributed by atoms with Crippen LogP contribution in [0.2, 0.25) is 0 Å². The first-order valence-electron chi connectivity index (χ1n) is 6.65. The van der Waals surface area contributed by atoms with Crippen molar-refractivity contribution < 1.29 is 14.7 Å². The van der Waals surface area contributed by atoms with Gasteiger partial charge in [0.15, 0.2) is 0 Å². The van der Waals surface area contributed by atoms with Crippen LogP contribution in [0, 0.1) is 11.8 Å². The van der Waals surface area contributed by atoms with Gasteiger partial charge >= 0.3 is 0 Å². The largest absolute Gasteiger partial charge is 0.395 e. The maximum atomic E-state index is 12.2. The number of carbonyl (C=O) groups excluding carboxylic acids is 2. The minimum absolute atomic E-state index is 0.00842. The number of amides is 2. The van der Waals surface area contributed by atoms with Crippen LogP contribution in [-0.4, -0.2) is 29.1 Å². The number of aliphatic hydroxyl groups excluding tert-OH is 1. The molecule has 0 aromatic heterocycles. The van der Waals surface area contributed by atoms with Gasteiger partial charge in [0.25, 0.3) is 5.91 Å². The predicted molar refractivity (Wildman–Crippen MR) is 80.4 cm³/mol. The van der Waals surface area contributed by atoms with Crippen molar-refractivity contribution in [2.45, 2.75) is 32.2 Å². The summed E-state index contributed by atoms with van der Waals surface area (Å²) in [4.78, 5) is 23.1. The molecule has 4 N–H and O–H groups in total. The maximum absolute atomic E-state index is 12.2. The van der Waals surface area contributed by atoms with Crippen molar-refractivity contribution in [2.24, 2.45) is 5.73 Å². The highest BCUT2D eigenvalue weighted by molar-refractivity contribution is 5.95. The summed E-state index contributed by atoms with van der Waals surface area (Å²) in [5.41, 5.74) is 5.61. The topological polar surface area (TPSA) is 92.4 Å². The molecule has 0 bridgehead atoms. The summed E-state index contributed by atoms with van der Waals surface area (Å²) in [5, 5.41) is 11.5. The molecule has 21 heavy (non-hydrogen) atoms. The molecule has 1 aromatic carbocycles. The van der Waals surface area contributed by atoms with Crippen LogP contribution >= 0.6 is 0 Å². The van der Waals surface area contributed by atoms with Crippen LogP contribution in [0.4, 0.5) is 0 Å². The van der Waals surface area contributed by atoms with E-state index in [9.17, 15) is 9.59 Å². The quantitative estimate of drug-likeness (QED) is 0.700. The first-order chi connectivity index (χ1) is 9.84. The lowest BCUT2D eigenvalue weighted by atomic mass is 9.99. The van der Waals surface area contributed by atoms with Crippen molar-refractivity contribution in [2.75, 3.05) is 6.61 Å². The molecule has 0 aliphatic heterocycles. The number of rotatable bonds is 5. The molecule has 0 unspecified atom stereocenters. The fourth-order valence-corrected chi connectivity index (χ4v) is 1.82. The predicted octanol–water partition coefficient (Wildman–Crippen LogP) is 0.804. The number of nitrogens with one attached hydrogen (secondary N) is 1. The molecular weight excluding hydrogens is 268 g/mol. The highest BCUT2D eigenvalue weighted by atomic mass is 16.2. The van der Waals surface area contributed by atoms with Crippen molar-refractivity contribution in [1.29, 1.82) is 0 Å². The van der Waals surface area contributed by atoms with Gasteiger partial charge in [-0.25, -0.2) is 0 Å². The number of nitrogens with two attached hydrogens (primary N) is 1. The van der Waals surface area contributed by atoms with E-state index in [-0.39, 0.29) is 18.9 Å². The van der Waals surface area contributed by atoms with E-state index >= 15 is 0 Å². The smallest absolute Gasteiger partial charge is 0.251 e. The highest BCUT2D eigenvalue weighted by Crippen LogP contribution is 2.11. The minimum atomic E-state index is -0.707. The summed E-state index contributed by atoms with van der Waals surface area (Å²) >= 11 is 0. The second-order valence-corrected chi connectivity index (χ2v) is 5.34. The Labute approximate surface area is 124 Å². The lowest BCUT2D eigenvalue weighted by Gasteiger charge is -2.24. The van der Waals surface area contributed by atoms with Gasteiger partial charge in [-0.15, -0.1) is 0 Å². The molecule has 5 nitrogen and oxygen atoms in total. The molecule has 0 spiro atoms. The van der Waals surface area contributed by atoms with Crippen molar-refractivity contribution in [3.05, 3.63) is 35.4 Å². The third kappa shape index (κ3) is 6.11. The van der Waals surface area contributed by atoms with Gasteiger partial charge in [0.2, 0.25) is 5.91 Å². The zero-order chi connectivity index (χ0) is 15.9. The summed E-state index contributed by atoms with van der Waals surface area (Å²) in [6.45, 7) is 3.48. The van der Waals surface area contributed by atoms with Gasteiger partial charge in [-0.3, -0.25) is 9.59 Å². The zero-order valence-electron chi connectivity index (χ0n) is 12.3. The minimum Gasteiger partial charge on any atom is -0.395 e. The number of aliphatic hydroxyl groups is 1. The molecule has 0 fully saturated rings. The van der Waals surface area contributed by atoms with E-state index in [4.69, 9.17) is 10.8 Å². The number of carbonyl (C=O) groups is 2. The normalized spacial score (nSPS) is 10.4. The lowest BCUT2D eigenvalue weighted by molar-refractivity contribution is -0.119. The van der Waals surface area contributed by atoms with Gasteiger partial charge < -0.3 is 16.2 Å². The number of primary amides is 1. The summed E-state index contributed by atoms with van der Waals surface area (Å²) in [7, 11) is 0. The van der Waals surface area contributed by atoms with E-state index in [1.807, 2.05) is 0 Å². The number of hydrogen-bond donors (Lipinski definition) is 3. The molecule has 0 aliphatic carbocycles. The standard InChI is InChI=1S/C16H20N2O3/c1-16(2,11-14(17)20)18-15(21)13-8-5-7-12(10-13)6-3-4-9-19/h5,7-8,10,19H,4,9,11H2,1-2H3,(H2,17,20)(H,18,21). The van der Waals surface area contributed by atoms with Crippen LogP contribution in [0.1, 0.15) is 42.6 Å². The Morgan fingerprint density at radius 1 is 1.38 bits per heavy atom. The molecule has 0 radical (unpaired) electrons. The molecular formula is C16H20N2O3. The monoisotopic (exact) mass is 288 g/mol. The van der Waals surface area contributed by atoms with E-state index in [1.54, 1.807) is 38.1 Å². The van der Waals surface area contributed by atoms with Crippen LogP contribution in [0.25, 0.3) is 0 Å². The molecule has 0 saturated carbocycles. The Kier molecular flexibility index (Phi) is 5.94. The summed E-state index contributed by atoms with van der Waals surface area (Å²) in [5.74, 6) is 4.92. The van der Waals surface area contributed by atoms with Gasteiger partial charge in [0.1, 0.15) is 0 Å². The maximum Gasteiger partial charge on any atom is 0.251 e. The van der Waals surface area contributed by atoms with Crippen LogP contribution in [0.5, 0.6) is 0 Å². The summed E-state index contributed by atoms with van der Waals surface area (Å²) in [6.07, 6.45) is 0.455. The van der Waals surface area contributed by atoms with E-state index in [0.29, 0.717) is 17.5 Å². The Balaban J connectivity index is 2.82.